The summed E-state index contributed by atoms with van der Waals surface area (Å²) in [5, 5.41) is 10.5. The van der Waals surface area contributed by atoms with Gasteiger partial charge in [0.25, 0.3) is 0 Å². The molecule has 0 saturated carbocycles. The molecule has 4 heteroatoms. The van der Waals surface area contributed by atoms with Crippen molar-refractivity contribution in [3.05, 3.63) is 23.4 Å². The summed E-state index contributed by atoms with van der Waals surface area (Å²) in [5.74, 6) is 1.10. The minimum Gasteiger partial charge on any atom is -0.387 e. The zero-order valence-corrected chi connectivity index (χ0v) is 10.2. The number of rotatable bonds is 4. The van der Waals surface area contributed by atoms with E-state index in [4.69, 9.17) is 5.73 Å². The number of nitrogen functional groups attached to an aromatic ring is 1. The summed E-state index contributed by atoms with van der Waals surface area (Å²) in [6, 6.07) is 1.87. The van der Waals surface area contributed by atoms with Gasteiger partial charge in [0.2, 0.25) is 0 Å². The monoisotopic (exact) mass is 226 g/mol. The number of aryl methyl sites for hydroxylation is 1. The molecule has 15 heavy (non-hydrogen) atoms. The molecule has 0 bridgehead atoms. The number of nitrogens with zero attached hydrogens (tertiary/aromatic N) is 1. The molecule has 0 saturated heterocycles. The average Bonchev–Trinajstić information content (AvgIpc) is 2.14. The molecule has 1 atom stereocenters. The van der Waals surface area contributed by atoms with Crippen molar-refractivity contribution in [3.63, 3.8) is 0 Å². The molecule has 0 aliphatic carbocycles. The fraction of sp³-hybridized carbons (Fsp3) is 0.545. The lowest BCUT2D eigenvalue weighted by Gasteiger charge is -2.15. The van der Waals surface area contributed by atoms with Crippen LogP contribution < -0.4 is 5.73 Å². The summed E-state index contributed by atoms with van der Waals surface area (Å²) in [6.45, 7) is 6.16. The van der Waals surface area contributed by atoms with Crippen molar-refractivity contribution in [3.8, 4) is 0 Å². The lowest BCUT2D eigenvalue weighted by Crippen LogP contribution is -2.09. The van der Waals surface area contributed by atoms with E-state index in [9.17, 15) is 5.11 Å². The zero-order chi connectivity index (χ0) is 11.4. The van der Waals surface area contributed by atoms with Crippen LogP contribution >= 0.6 is 11.8 Å². The van der Waals surface area contributed by atoms with Gasteiger partial charge in [-0.15, -0.1) is 0 Å². The van der Waals surface area contributed by atoms with Gasteiger partial charge >= 0.3 is 0 Å². The van der Waals surface area contributed by atoms with Gasteiger partial charge in [-0.05, 0) is 23.8 Å². The van der Waals surface area contributed by atoms with Crippen molar-refractivity contribution >= 4 is 17.6 Å². The summed E-state index contributed by atoms with van der Waals surface area (Å²) in [5.41, 5.74) is 7.52. The van der Waals surface area contributed by atoms with Crippen LogP contribution in [0, 0.1) is 6.92 Å². The molecule has 0 aliphatic heterocycles. The minimum atomic E-state index is -0.522. The van der Waals surface area contributed by atoms with Crippen LogP contribution in [0.5, 0.6) is 0 Å². The van der Waals surface area contributed by atoms with Crippen LogP contribution in [0.2, 0.25) is 0 Å². The molecule has 1 aromatic rings. The molecule has 1 unspecified atom stereocenters. The third-order valence-corrected chi connectivity index (χ3v) is 3.33. The van der Waals surface area contributed by atoms with Crippen LogP contribution in [-0.4, -0.2) is 21.1 Å². The quantitative estimate of drug-likeness (QED) is 0.826. The molecule has 1 rings (SSSR count). The fourth-order valence-electron chi connectivity index (χ4n) is 1.39. The third-order valence-electron chi connectivity index (χ3n) is 2.16. The first-order chi connectivity index (χ1) is 7.02. The predicted octanol–water partition coefficient (Wildman–Crippen LogP) is 2.15. The Balaban J connectivity index is 2.77. The predicted molar refractivity (Wildman–Crippen MR) is 65.9 cm³/mol. The highest BCUT2D eigenvalue weighted by Crippen LogP contribution is 2.26. The number of anilines is 1. The second-order valence-electron chi connectivity index (χ2n) is 3.82. The number of thioether (sulfide) groups is 1. The molecule has 84 valence electrons. The Kier molecular flexibility index (Phi) is 4.42. The van der Waals surface area contributed by atoms with Crippen LogP contribution in [0.25, 0.3) is 0 Å². The van der Waals surface area contributed by atoms with Gasteiger partial charge in [0.15, 0.2) is 0 Å². The normalized spacial score (nSPS) is 13.1. The third kappa shape index (κ3) is 3.39. The number of nitrogens with two attached hydrogens (primary N) is 1. The van der Waals surface area contributed by atoms with E-state index in [1.807, 2.05) is 13.0 Å². The second kappa shape index (κ2) is 5.37. The summed E-state index contributed by atoms with van der Waals surface area (Å²) in [6.07, 6.45) is 1.14. The summed E-state index contributed by atoms with van der Waals surface area (Å²) >= 11 is 1.72. The smallest absolute Gasteiger partial charge is 0.129 e. The topological polar surface area (TPSA) is 59.1 Å². The molecule has 1 heterocycles. The van der Waals surface area contributed by atoms with Crippen LogP contribution in [-0.2, 0) is 0 Å². The Hall–Kier alpha value is -0.740. The number of pyridine rings is 1. The molecule has 0 spiro atoms. The van der Waals surface area contributed by atoms with Crippen LogP contribution in [0.4, 0.5) is 5.82 Å². The van der Waals surface area contributed by atoms with Crippen LogP contribution in [0.15, 0.2) is 12.3 Å². The van der Waals surface area contributed by atoms with Gasteiger partial charge in [-0.1, -0.05) is 13.8 Å². The van der Waals surface area contributed by atoms with E-state index in [0.29, 0.717) is 16.8 Å². The second-order valence-corrected chi connectivity index (χ2v) is 5.43. The molecule has 3 N–H and O–H groups in total. The first-order valence-corrected chi connectivity index (χ1v) is 6.08. The van der Waals surface area contributed by atoms with E-state index in [0.717, 1.165) is 11.1 Å². The summed E-state index contributed by atoms with van der Waals surface area (Å²) in [7, 11) is 0. The molecule has 0 amide bonds. The van der Waals surface area contributed by atoms with E-state index >= 15 is 0 Å². The molecular formula is C11H18N2OS. The number of aliphatic hydroxyl groups is 1. The van der Waals surface area contributed by atoms with Crippen molar-refractivity contribution in [2.75, 3.05) is 11.5 Å². The summed E-state index contributed by atoms with van der Waals surface area (Å²) in [4.78, 5) is 4.00. The zero-order valence-electron chi connectivity index (χ0n) is 9.40. The molecule has 3 nitrogen and oxygen atoms in total. The summed E-state index contributed by atoms with van der Waals surface area (Å²) < 4.78 is 0. The van der Waals surface area contributed by atoms with Crippen LogP contribution in [0.3, 0.4) is 0 Å². The highest BCUT2D eigenvalue weighted by Gasteiger charge is 2.15. The average molecular weight is 226 g/mol. The lowest BCUT2D eigenvalue weighted by atomic mass is 10.1. The fourth-order valence-corrected chi connectivity index (χ4v) is 2.13. The molecular weight excluding hydrogens is 208 g/mol. The maximum atomic E-state index is 9.99. The van der Waals surface area contributed by atoms with Crippen molar-refractivity contribution in [1.82, 2.24) is 4.98 Å². The highest BCUT2D eigenvalue weighted by atomic mass is 32.2. The number of hydrogen-bond donors (Lipinski definition) is 2. The van der Waals surface area contributed by atoms with E-state index in [1.54, 1.807) is 18.0 Å². The SMILES string of the molecule is Cc1ccnc(N)c1C(O)CSC(C)C. The van der Waals surface area contributed by atoms with Gasteiger partial charge < -0.3 is 10.8 Å². The van der Waals surface area contributed by atoms with Gasteiger partial charge in [0.1, 0.15) is 5.82 Å². The van der Waals surface area contributed by atoms with Gasteiger partial charge in [-0.3, -0.25) is 0 Å². The van der Waals surface area contributed by atoms with E-state index in [1.165, 1.54) is 0 Å². The maximum Gasteiger partial charge on any atom is 0.129 e. The lowest BCUT2D eigenvalue weighted by molar-refractivity contribution is 0.203. The molecule has 0 aliphatic rings. The Morgan fingerprint density at radius 3 is 2.73 bits per heavy atom. The van der Waals surface area contributed by atoms with Gasteiger partial charge in [0.05, 0.1) is 6.10 Å². The Labute approximate surface area is 95.1 Å². The Morgan fingerprint density at radius 1 is 1.53 bits per heavy atom. The number of aromatic nitrogens is 1. The molecule has 0 fully saturated rings. The Morgan fingerprint density at radius 2 is 2.20 bits per heavy atom. The van der Waals surface area contributed by atoms with Gasteiger partial charge in [0, 0.05) is 17.5 Å². The van der Waals surface area contributed by atoms with Crippen molar-refractivity contribution in [1.29, 1.82) is 0 Å². The van der Waals surface area contributed by atoms with Gasteiger partial charge in [-0.25, -0.2) is 4.98 Å². The van der Waals surface area contributed by atoms with E-state index in [2.05, 4.69) is 18.8 Å². The standard InChI is InChI=1S/C11H18N2OS/c1-7(2)15-6-9(14)10-8(3)4-5-13-11(10)12/h4-5,7,9,14H,6H2,1-3H3,(H2,12,13). The van der Waals surface area contributed by atoms with E-state index < -0.39 is 6.10 Å². The van der Waals surface area contributed by atoms with E-state index in [-0.39, 0.29) is 0 Å². The van der Waals surface area contributed by atoms with Crippen molar-refractivity contribution in [2.24, 2.45) is 0 Å². The van der Waals surface area contributed by atoms with Crippen LogP contribution in [0.1, 0.15) is 31.1 Å². The Bertz CT molecular complexity index is 308. The first-order valence-electron chi connectivity index (χ1n) is 5.03. The largest absolute Gasteiger partial charge is 0.387 e. The molecule has 1 aromatic heterocycles. The molecule has 0 aromatic carbocycles. The highest BCUT2D eigenvalue weighted by molar-refractivity contribution is 7.99. The van der Waals surface area contributed by atoms with Crippen molar-refractivity contribution in [2.45, 2.75) is 32.1 Å². The maximum absolute atomic E-state index is 9.99. The van der Waals surface area contributed by atoms with Gasteiger partial charge in [-0.2, -0.15) is 11.8 Å². The first kappa shape index (κ1) is 12.3. The minimum absolute atomic E-state index is 0.437. The van der Waals surface area contributed by atoms with Crippen molar-refractivity contribution < 1.29 is 5.11 Å². The number of hydrogen-bond acceptors (Lipinski definition) is 4. The molecule has 0 radical (unpaired) electrons. The number of aliphatic hydroxyl groups excluding tert-OH is 1.